The van der Waals surface area contributed by atoms with E-state index < -0.39 is 10.0 Å². The van der Waals surface area contributed by atoms with E-state index >= 15 is 0 Å². The molecule has 0 unspecified atom stereocenters. The van der Waals surface area contributed by atoms with Gasteiger partial charge in [0.25, 0.3) is 0 Å². The smallest absolute Gasteiger partial charge is 0.240 e. The predicted octanol–water partition coefficient (Wildman–Crippen LogP) is 2.39. The molecule has 2 aromatic carbocycles. The van der Waals surface area contributed by atoms with Gasteiger partial charge in [-0.15, -0.1) is 0 Å². The largest absolute Gasteiger partial charge is 0.492 e. The first-order chi connectivity index (χ1) is 11.5. The van der Waals surface area contributed by atoms with E-state index in [1.54, 1.807) is 6.07 Å². The number of nitrogens with one attached hydrogen (secondary N) is 1. The molecule has 0 radical (unpaired) electrons. The van der Waals surface area contributed by atoms with E-state index in [4.69, 9.17) is 14.2 Å². The molecule has 0 spiro atoms. The Kier molecular flexibility index (Phi) is 4.64. The molecule has 3 rings (SSSR count). The van der Waals surface area contributed by atoms with Gasteiger partial charge in [-0.2, -0.15) is 0 Å². The van der Waals surface area contributed by atoms with Gasteiger partial charge in [-0.3, -0.25) is 0 Å². The summed E-state index contributed by atoms with van der Waals surface area (Å²) >= 11 is 0. The van der Waals surface area contributed by atoms with Crippen LogP contribution in [0.4, 0.5) is 0 Å². The fourth-order valence-corrected chi connectivity index (χ4v) is 3.36. The van der Waals surface area contributed by atoms with Crippen molar-refractivity contribution in [1.29, 1.82) is 0 Å². The number of benzene rings is 2. The predicted molar refractivity (Wildman–Crippen MR) is 89.2 cm³/mol. The minimum Gasteiger partial charge on any atom is -0.492 e. The second-order valence-corrected chi connectivity index (χ2v) is 7.30. The van der Waals surface area contributed by atoms with Crippen LogP contribution in [0.3, 0.4) is 0 Å². The number of aryl methyl sites for hydroxylation is 2. The SMILES string of the molecule is Cc1ccc(C)c(OCCNS(=O)(=O)c2ccc3c(c2)OCO3)c1. The van der Waals surface area contributed by atoms with Gasteiger partial charge in [-0.25, -0.2) is 13.1 Å². The summed E-state index contributed by atoms with van der Waals surface area (Å²) in [4.78, 5) is 0.137. The highest BCUT2D eigenvalue weighted by Gasteiger charge is 2.19. The Hall–Kier alpha value is -2.25. The molecule has 1 N–H and O–H groups in total. The van der Waals surface area contributed by atoms with Crippen molar-refractivity contribution in [2.24, 2.45) is 0 Å². The minimum absolute atomic E-state index is 0.107. The van der Waals surface area contributed by atoms with Crippen LogP contribution in [0.2, 0.25) is 0 Å². The summed E-state index contributed by atoms with van der Waals surface area (Å²) in [5.74, 6) is 1.74. The monoisotopic (exact) mass is 349 g/mol. The summed E-state index contributed by atoms with van der Waals surface area (Å²) in [6.45, 7) is 4.45. The van der Waals surface area contributed by atoms with Crippen molar-refractivity contribution in [3.63, 3.8) is 0 Å². The van der Waals surface area contributed by atoms with Gasteiger partial charge in [0.2, 0.25) is 16.8 Å². The molecular weight excluding hydrogens is 330 g/mol. The maximum atomic E-state index is 12.3. The van der Waals surface area contributed by atoms with Crippen LogP contribution in [0.5, 0.6) is 17.2 Å². The lowest BCUT2D eigenvalue weighted by Crippen LogP contribution is -2.28. The number of sulfonamides is 1. The topological polar surface area (TPSA) is 73.9 Å². The zero-order valence-electron chi connectivity index (χ0n) is 13.5. The lowest BCUT2D eigenvalue weighted by Gasteiger charge is -2.11. The van der Waals surface area contributed by atoms with Gasteiger partial charge < -0.3 is 14.2 Å². The van der Waals surface area contributed by atoms with Crippen molar-refractivity contribution in [2.45, 2.75) is 18.7 Å². The van der Waals surface area contributed by atoms with Crippen LogP contribution in [-0.4, -0.2) is 28.4 Å². The zero-order chi connectivity index (χ0) is 17.2. The molecule has 0 aliphatic carbocycles. The quantitative estimate of drug-likeness (QED) is 0.811. The normalized spacial score (nSPS) is 13.1. The molecule has 0 atom stereocenters. The molecule has 1 aliphatic rings. The van der Waals surface area contributed by atoms with Crippen molar-refractivity contribution < 1.29 is 22.6 Å². The maximum Gasteiger partial charge on any atom is 0.240 e. The highest BCUT2D eigenvalue weighted by molar-refractivity contribution is 7.89. The second-order valence-electron chi connectivity index (χ2n) is 5.53. The van der Waals surface area contributed by atoms with Gasteiger partial charge in [0.05, 0.1) is 4.90 Å². The fraction of sp³-hybridized carbons (Fsp3) is 0.294. The molecule has 128 valence electrons. The molecule has 0 fully saturated rings. The van der Waals surface area contributed by atoms with E-state index in [-0.39, 0.29) is 24.8 Å². The number of hydrogen-bond donors (Lipinski definition) is 1. The van der Waals surface area contributed by atoms with Crippen LogP contribution in [0, 0.1) is 13.8 Å². The molecule has 1 heterocycles. The van der Waals surface area contributed by atoms with Crippen LogP contribution >= 0.6 is 0 Å². The highest BCUT2D eigenvalue weighted by Crippen LogP contribution is 2.33. The summed E-state index contributed by atoms with van der Waals surface area (Å²) in [5, 5.41) is 0. The van der Waals surface area contributed by atoms with Crippen LogP contribution in [0.15, 0.2) is 41.3 Å². The first-order valence-corrected chi connectivity index (χ1v) is 9.03. The molecule has 0 amide bonds. The van der Waals surface area contributed by atoms with Gasteiger partial charge in [0.15, 0.2) is 11.5 Å². The Labute approximate surface area is 141 Å². The minimum atomic E-state index is -3.62. The molecule has 2 aromatic rings. The van der Waals surface area contributed by atoms with E-state index in [2.05, 4.69) is 4.72 Å². The molecule has 0 aromatic heterocycles. The Balaban J connectivity index is 1.58. The number of ether oxygens (including phenoxy) is 3. The standard InChI is InChI=1S/C17H19NO5S/c1-12-3-4-13(2)16(9-12)21-8-7-18-24(19,20)14-5-6-15-17(10-14)23-11-22-15/h3-6,9-10,18H,7-8,11H2,1-2H3. The molecule has 1 aliphatic heterocycles. The average molecular weight is 349 g/mol. The van der Waals surface area contributed by atoms with E-state index in [0.717, 1.165) is 16.9 Å². The lowest BCUT2D eigenvalue weighted by atomic mass is 10.1. The van der Waals surface area contributed by atoms with Gasteiger partial charge in [0.1, 0.15) is 12.4 Å². The van der Waals surface area contributed by atoms with Crippen LogP contribution < -0.4 is 18.9 Å². The molecule has 24 heavy (non-hydrogen) atoms. The van der Waals surface area contributed by atoms with Crippen LogP contribution in [0.1, 0.15) is 11.1 Å². The number of fused-ring (bicyclic) bond motifs is 1. The Bertz CT molecular complexity index is 848. The molecule has 0 bridgehead atoms. The first-order valence-electron chi connectivity index (χ1n) is 7.55. The first kappa shape index (κ1) is 16.6. The van der Waals surface area contributed by atoms with Crippen molar-refractivity contribution in [3.8, 4) is 17.2 Å². The number of hydrogen-bond acceptors (Lipinski definition) is 5. The third-order valence-corrected chi connectivity index (χ3v) is 5.11. The third kappa shape index (κ3) is 3.63. The van der Waals surface area contributed by atoms with E-state index in [1.807, 2.05) is 32.0 Å². The lowest BCUT2D eigenvalue weighted by molar-refractivity contribution is 0.174. The second kappa shape index (κ2) is 6.70. The van der Waals surface area contributed by atoms with Crippen LogP contribution in [-0.2, 0) is 10.0 Å². The molecule has 6 nitrogen and oxygen atoms in total. The Morgan fingerprint density at radius 3 is 2.71 bits per heavy atom. The van der Waals surface area contributed by atoms with E-state index in [9.17, 15) is 8.42 Å². The Morgan fingerprint density at radius 1 is 1.08 bits per heavy atom. The zero-order valence-corrected chi connectivity index (χ0v) is 14.4. The highest BCUT2D eigenvalue weighted by atomic mass is 32.2. The average Bonchev–Trinajstić information content (AvgIpc) is 3.02. The molecule has 0 saturated carbocycles. The van der Waals surface area contributed by atoms with Crippen molar-refractivity contribution >= 4 is 10.0 Å². The number of rotatable bonds is 6. The molecular formula is C17H19NO5S. The van der Waals surface area contributed by atoms with Gasteiger partial charge in [-0.1, -0.05) is 12.1 Å². The maximum absolute atomic E-state index is 12.3. The van der Waals surface area contributed by atoms with Crippen molar-refractivity contribution in [2.75, 3.05) is 19.9 Å². The van der Waals surface area contributed by atoms with E-state index in [1.165, 1.54) is 12.1 Å². The Morgan fingerprint density at radius 2 is 1.88 bits per heavy atom. The van der Waals surface area contributed by atoms with Crippen molar-refractivity contribution in [3.05, 3.63) is 47.5 Å². The molecule has 7 heteroatoms. The fourth-order valence-electron chi connectivity index (χ4n) is 2.33. The van der Waals surface area contributed by atoms with Gasteiger partial charge in [-0.05, 0) is 43.2 Å². The summed E-state index contributed by atoms with van der Waals surface area (Å²) in [5.41, 5.74) is 2.11. The molecule has 0 saturated heterocycles. The van der Waals surface area contributed by atoms with Crippen molar-refractivity contribution in [1.82, 2.24) is 4.72 Å². The van der Waals surface area contributed by atoms with E-state index in [0.29, 0.717) is 11.5 Å². The summed E-state index contributed by atoms with van der Waals surface area (Å²) in [6, 6.07) is 10.4. The van der Waals surface area contributed by atoms with Crippen LogP contribution in [0.25, 0.3) is 0 Å². The third-order valence-electron chi connectivity index (χ3n) is 3.65. The summed E-state index contributed by atoms with van der Waals surface area (Å²) < 4.78 is 43.2. The van der Waals surface area contributed by atoms with Gasteiger partial charge in [0, 0.05) is 12.6 Å². The summed E-state index contributed by atoms with van der Waals surface area (Å²) in [7, 11) is -3.62. The summed E-state index contributed by atoms with van der Waals surface area (Å²) in [6.07, 6.45) is 0. The van der Waals surface area contributed by atoms with Gasteiger partial charge >= 0.3 is 0 Å².